The van der Waals surface area contributed by atoms with Crippen LogP contribution in [0.1, 0.15) is 30.8 Å². The molecule has 1 aromatic heterocycles. The molecule has 1 N–H and O–H groups in total. The van der Waals surface area contributed by atoms with Gasteiger partial charge in [0.1, 0.15) is 11.4 Å². The fourth-order valence-corrected chi connectivity index (χ4v) is 1.92. The van der Waals surface area contributed by atoms with Gasteiger partial charge < -0.3 is 10.1 Å². The third-order valence-electron chi connectivity index (χ3n) is 3.14. The van der Waals surface area contributed by atoms with E-state index in [2.05, 4.69) is 24.1 Å². The van der Waals surface area contributed by atoms with E-state index in [1.807, 2.05) is 24.3 Å². The van der Waals surface area contributed by atoms with Gasteiger partial charge in [0.25, 0.3) is 5.91 Å². The molecule has 0 aliphatic rings. The lowest BCUT2D eigenvalue weighted by molar-refractivity contribution is 0.0947. The fraction of sp³-hybridized carbons (Fsp3) is 0.375. The molecule has 1 heterocycles. The average molecular weight is 272 g/mol. The number of benzene rings is 1. The van der Waals surface area contributed by atoms with Crippen molar-refractivity contribution in [2.75, 3.05) is 13.7 Å². The van der Waals surface area contributed by atoms with Gasteiger partial charge in [0.15, 0.2) is 0 Å². The van der Waals surface area contributed by atoms with Gasteiger partial charge in [-0.25, -0.2) is 4.98 Å². The lowest BCUT2D eigenvalue weighted by atomic mass is 10.1. The summed E-state index contributed by atoms with van der Waals surface area (Å²) in [5.41, 5.74) is 1.24. The molecule has 0 atom stereocenters. The van der Waals surface area contributed by atoms with Crippen LogP contribution in [0, 0.1) is 5.92 Å². The molecule has 106 valence electrons. The minimum atomic E-state index is -0.122. The van der Waals surface area contributed by atoms with Gasteiger partial charge in [-0.3, -0.25) is 4.79 Å². The molecule has 0 radical (unpaired) electrons. The van der Waals surface area contributed by atoms with Crippen molar-refractivity contribution in [2.45, 2.75) is 20.3 Å². The van der Waals surface area contributed by atoms with Gasteiger partial charge in [0.2, 0.25) is 0 Å². The number of methoxy groups -OCH3 is 1. The summed E-state index contributed by atoms with van der Waals surface area (Å²) in [6, 6.07) is 9.24. The molecule has 2 aromatic rings. The van der Waals surface area contributed by atoms with Crippen LogP contribution in [0.3, 0.4) is 0 Å². The molecule has 20 heavy (non-hydrogen) atoms. The zero-order chi connectivity index (χ0) is 14.5. The Hall–Kier alpha value is -2.10. The van der Waals surface area contributed by atoms with E-state index in [1.54, 1.807) is 13.2 Å². The second-order valence-electron chi connectivity index (χ2n) is 5.19. The minimum absolute atomic E-state index is 0.122. The normalized spacial score (nSPS) is 10.8. The molecule has 4 heteroatoms. The summed E-state index contributed by atoms with van der Waals surface area (Å²) in [5, 5.41) is 3.85. The molecular weight excluding hydrogens is 252 g/mol. The lowest BCUT2D eigenvalue weighted by Crippen LogP contribution is -2.26. The molecule has 4 nitrogen and oxygen atoms in total. The Morgan fingerprint density at radius 1 is 1.30 bits per heavy atom. The number of carbonyl (C=O) groups is 1. The average Bonchev–Trinajstić information content (AvgIpc) is 2.45. The Bertz CT molecular complexity index is 608. The predicted octanol–water partition coefficient (Wildman–Crippen LogP) is 3.02. The number of rotatable bonds is 5. The monoisotopic (exact) mass is 272 g/mol. The zero-order valence-corrected chi connectivity index (χ0v) is 12.1. The van der Waals surface area contributed by atoms with Crippen LogP contribution in [0.4, 0.5) is 0 Å². The smallest absolute Gasteiger partial charge is 0.269 e. The second kappa shape index (κ2) is 6.37. The number of pyridine rings is 1. The first-order chi connectivity index (χ1) is 9.60. The predicted molar refractivity (Wildman–Crippen MR) is 80.1 cm³/mol. The molecule has 0 fully saturated rings. The van der Waals surface area contributed by atoms with Crippen LogP contribution in [-0.4, -0.2) is 24.5 Å². The molecule has 1 amide bonds. The van der Waals surface area contributed by atoms with Crippen molar-refractivity contribution in [3.63, 3.8) is 0 Å². The summed E-state index contributed by atoms with van der Waals surface area (Å²) in [5.74, 6) is 1.24. The summed E-state index contributed by atoms with van der Waals surface area (Å²) < 4.78 is 5.17. The van der Waals surface area contributed by atoms with Gasteiger partial charge in [0, 0.05) is 11.9 Å². The topological polar surface area (TPSA) is 51.2 Å². The highest BCUT2D eigenvalue weighted by Gasteiger charge is 2.08. The molecule has 0 saturated heterocycles. The molecule has 0 aliphatic carbocycles. The fourth-order valence-electron chi connectivity index (χ4n) is 1.92. The van der Waals surface area contributed by atoms with Gasteiger partial charge >= 0.3 is 0 Å². The van der Waals surface area contributed by atoms with Crippen LogP contribution in [0.5, 0.6) is 5.75 Å². The van der Waals surface area contributed by atoms with Crippen LogP contribution in [0.2, 0.25) is 0 Å². The Morgan fingerprint density at radius 3 is 2.80 bits per heavy atom. The van der Waals surface area contributed by atoms with Crippen molar-refractivity contribution < 1.29 is 9.53 Å². The van der Waals surface area contributed by atoms with Crippen molar-refractivity contribution in [3.8, 4) is 5.75 Å². The van der Waals surface area contributed by atoms with E-state index in [0.29, 0.717) is 18.2 Å². The van der Waals surface area contributed by atoms with Crippen LogP contribution < -0.4 is 10.1 Å². The van der Waals surface area contributed by atoms with Gasteiger partial charge in [0.05, 0.1) is 12.6 Å². The highest BCUT2D eigenvalue weighted by molar-refractivity contribution is 5.95. The van der Waals surface area contributed by atoms with E-state index in [1.165, 1.54) is 0 Å². The van der Waals surface area contributed by atoms with E-state index >= 15 is 0 Å². The Morgan fingerprint density at radius 2 is 2.10 bits per heavy atom. The van der Waals surface area contributed by atoms with Crippen molar-refractivity contribution in [1.29, 1.82) is 0 Å². The summed E-state index contributed by atoms with van der Waals surface area (Å²) >= 11 is 0. The van der Waals surface area contributed by atoms with E-state index in [4.69, 9.17) is 4.74 Å². The van der Waals surface area contributed by atoms with E-state index in [0.717, 1.165) is 23.1 Å². The van der Waals surface area contributed by atoms with Crippen LogP contribution >= 0.6 is 0 Å². The molecule has 0 unspecified atom stereocenters. The molecule has 1 aromatic carbocycles. The molecule has 0 bridgehead atoms. The van der Waals surface area contributed by atoms with E-state index in [9.17, 15) is 4.79 Å². The quantitative estimate of drug-likeness (QED) is 0.910. The highest BCUT2D eigenvalue weighted by Crippen LogP contribution is 2.19. The first-order valence-corrected chi connectivity index (χ1v) is 6.83. The number of nitrogens with zero attached hydrogens (tertiary/aromatic N) is 1. The number of carbonyl (C=O) groups excluding carboxylic acids is 1. The number of ether oxygens (including phenoxy) is 1. The van der Waals surface area contributed by atoms with Crippen LogP contribution in [-0.2, 0) is 0 Å². The zero-order valence-electron chi connectivity index (χ0n) is 12.1. The number of fused-ring (bicyclic) bond motifs is 1. The van der Waals surface area contributed by atoms with Gasteiger partial charge in [-0.2, -0.15) is 0 Å². The number of hydrogen-bond acceptors (Lipinski definition) is 3. The summed E-state index contributed by atoms with van der Waals surface area (Å²) in [7, 11) is 1.63. The van der Waals surface area contributed by atoms with Crippen LogP contribution in [0.15, 0.2) is 30.3 Å². The first-order valence-electron chi connectivity index (χ1n) is 6.83. The summed E-state index contributed by atoms with van der Waals surface area (Å²) in [6.07, 6.45) is 0.969. The largest absolute Gasteiger partial charge is 0.497 e. The van der Waals surface area contributed by atoms with Gasteiger partial charge in [-0.15, -0.1) is 0 Å². The second-order valence-corrected chi connectivity index (χ2v) is 5.19. The van der Waals surface area contributed by atoms with Gasteiger partial charge in [-0.05, 0) is 36.6 Å². The third kappa shape index (κ3) is 3.47. The Labute approximate surface area is 119 Å². The highest BCUT2D eigenvalue weighted by atomic mass is 16.5. The Kier molecular flexibility index (Phi) is 4.56. The number of aromatic nitrogens is 1. The van der Waals surface area contributed by atoms with E-state index < -0.39 is 0 Å². The molecule has 2 rings (SSSR count). The van der Waals surface area contributed by atoms with Crippen molar-refractivity contribution >= 4 is 16.8 Å². The SMILES string of the molecule is COc1ccc2nc(C(=O)NCCC(C)C)ccc2c1. The summed E-state index contributed by atoms with van der Waals surface area (Å²) in [6.45, 7) is 4.94. The standard InChI is InChI=1S/C16H20N2O2/c1-11(2)8-9-17-16(19)15-6-4-12-10-13(20-3)5-7-14(12)18-15/h4-7,10-11H,8-9H2,1-3H3,(H,17,19). The first kappa shape index (κ1) is 14.3. The number of amides is 1. The maximum absolute atomic E-state index is 12.0. The summed E-state index contributed by atoms with van der Waals surface area (Å²) in [4.78, 5) is 16.4. The molecular formula is C16H20N2O2. The van der Waals surface area contributed by atoms with Crippen molar-refractivity contribution in [2.24, 2.45) is 5.92 Å². The number of hydrogen-bond donors (Lipinski definition) is 1. The maximum atomic E-state index is 12.0. The molecule has 0 saturated carbocycles. The molecule has 0 spiro atoms. The van der Waals surface area contributed by atoms with E-state index in [-0.39, 0.29) is 5.91 Å². The molecule has 0 aliphatic heterocycles. The third-order valence-corrected chi connectivity index (χ3v) is 3.14. The van der Waals surface area contributed by atoms with Crippen molar-refractivity contribution in [3.05, 3.63) is 36.0 Å². The van der Waals surface area contributed by atoms with Crippen LogP contribution in [0.25, 0.3) is 10.9 Å². The van der Waals surface area contributed by atoms with Gasteiger partial charge in [-0.1, -0.05) is 19.9 Å². The Balaban J connectivity index is 2.13. The maximum Gasteiger partial charge on any atom is 0.269 e. The minimum Gasteiger partial charge on any atom is -0.497 e. The lowest BCUT2D eigenvalue weighted by Gasteiger charge is -2.08. The number of nitrogens with one attached hydrogen (secondary N) is 1. The van der Waals surface area contributed by atoms with Crippen molar-refractivity contribution in [1.82, 2.24) is 10.3 Å².